The second-order valence-electron chi connectivity index (χ2n) is 4.83. The lowest BCUT2D eigenvalue weighted by Gasteiger charge is -2.18. The minimum Gasteiger partial charge on any atom is -0.481 e. The minimum absolute atomic E-state index is 0.116. The number of methoxy groups -OCH3 is 1. The predicted molar refractivity (Wildman–Crippen MR) is 86.6 cm³/mol. The van der Waals surface area contributed by atoms with Gasteiger partial charge in [-0.05, 0) is 35.5 Å². The van der Waals surface area contributed by atoms with E-state index in [4.69, 9.17) is 4.74 Å². The smallest absolute Gasteiger partial charge is 0.217 e. The largest absolute Gasteiger partial charge is 0.481 e. The Bertz CT molecular complexity index is 612. The van der Waals surface area contributed by atoms with Crippen molar-refractivity contribution in [3.05, 3.63) is 39.8 Å². The Labute approximate surface area is 133 Å². The quantitative estimate of drug-likeness (QED) is 0.868. The highest BCUT2D eigenvalue weighted by Gasteiger charge is 2.20. The zero-order valence-corrected chi connectivity index (χ0v) is 14.4. The number of likely N-dealkylation sites (N-methyl/N-ethyl adjacent to an activating group) is 1. The van der Waals surface area contributed by atoms with Crippen LogP contribution in [0.3, 0.4) is 0 Å². The van der Waals surface area contributed by atoms with Crippen LogP contribution in [0.1, 0.15) is 29.9 Å². The van der Waals surface area contributed by atoms with Crippen molar-refractivity contribution in [2.24, 2.45) is 7.05 Å². The van der Waals surface area contributed by atoms with Crippen LogP contribution in [0.2, 0.25) is 0 Å². The zero-order chi connectivity index (χ0) is 15.4. The second-order valence-corrected chi connectivity index (χ2v) is 5.62. The number of nitrogens with zero attached hydrogens (tertiary/aromatic N) is 3. The predicted octanol–water partition coefficient (Wildman–Crippen LogP) is 2.65. The normalized spacial score (nSPS) is 12.4. The van der Waals surface area contributed by atoms with E-state index in [-0.39, 0.29) is 6.04 Å². The molecule has 21 heavy (non-hydrogen) atoms. The molecule has 6 heteroatoms. The molecule has 1 atom stereocenters. The molecule has 2 aromatic heterocycles. The molecular formula is C15H21BrN4O. The number of hydrogen-bond donors (Lipinski definition) is 1. The first-order valence-electron chi connectivity index (χ1n) is 6.98. The molecule has 2 aromatic rings. The van der Waals surface area contributed by atoms with Gasteiger partial charge in [0.15, 0.2) is 0 Å². The molecule has 0 saturated carbocycles. The van der Waals surface area contributed by atoms with Crippen LogP contribution in [-0.2, 0) is 19.9 Å². The molecule has 0 aliphatic carbocycles. The average Bonchev–Trinajstić information content (AvgIpc) is 2.79. The van der Waals surface area contributed by atoms with Crippen LogP contribution >= 0.6 is 15.9 Å². The number of aromatic nitrogens is 3. The first kappa shape index (κ1) is 16.0. The lowest BCUT2D eigenvalue weighted by Crippen LogP contribution is -2.21. The van der Waals surface area contributed by atoms with E-state index < -0.39 is 0 Å². The molecule has 0 aromatic carbocycles. The summed E-state index contributed by atoms with van der Waals surface area (Å²) in [6, 6.07) is 4.08. The van der Waals surface area contributed by atoms with Crippen molar-refractivity contribution in [2.45, 2.75) is 25.8 Å². The fourth-order valence-corrected chi connectivity index (χ4v) is 3.22. The third kappa shape index (κ3) is 3.27. The van der Waals surface area contributed by atoms with Gasteiger partial charge in [0.25, 0.3) is 0 Å². The first-order valence-corrected chi connectivity index (χ1v) is 7.78. The van der Waals surface area contributed by atoms with Gasteiger partial charge < -0.3 is 10.1 Å². The van der Waals surface area contributed by atoms with Crippen molar-refractivity contribution in [1.82, 2.24) is 20.1 Å². The maximum atomic E-state index is 5.37. The molecule has 0 fully saturated rings. The summed E-state index contributed by atoms with van der Waals surface area (Å²) < 4.78 is 8.40. The summed E-state index contributed by atoms with van der Waals surface area (Å²) in [6.07, 6.45) is 3.46. The Morgan fingerprint density at radius 2 is 2.24 bits per heavy atom. The standard InChI is InChI=1S/C15H21BrN4O/c1-5-11-14(16)13(20(3)19-11)9-12(17-2)10-7-6-8-18-15(10)21-4/h6-8,12,17H,5,9H2,1-4H3. The monoisotopic (exact) mass is 352 g/mol. The third-order valence-electron chi connectivity index (χ3n) is 3.62. The first-order chi connectivity index (χ1) is 10.1. The van der Waals surface area contributed by atoms with Gasteiger partial charge in [0.2, 0.25) is 5.88 Å². The average molecular weight is 353 g/mol. The summed E-state index contributed by atoms with van der Waals surface area (Å²) in [5, 5.41) is 7.89. The topological polar surface area (TPSA) is 52.0 Å². The lowest BCUT2D eigenvalue weighted by molar-refractivity contribution is 0.383. The molecule has 0 saturated heterocycles. The number of pyridine rings is 1. The highest BCUT2D eigenvalue weighted by molar-refractivity contribution is 9.10. The Morgan fingerprint density at radius 3 is 2.81 bits per heavy atom. The summed E-state index contributed by atoms with van der Waals surface area (Å²) in [4.78, 5) is 4.28. The van der Waals surface area contributed by atoms with Crippen molar-refractivity contribution in [1.29, 1.82) is 0 Å². The maximum absolute atomic E-state index is 5.37. The molecular weight excluding hydrogens is 332 g/mol. The second kappa shape index (κ2) is 7.04. The molecule has 0 radical (unpaired) electrons. The van der Waals surface area contributed by atoms with Crippen LogP contribution in [0.5, 0.6) is 5.88 Å². The summed E-state index contributed by atoms with van der Waals surface area (Å²) in [7, 11) is 5.57. The number of halogens is 1. The van der Waals surface area contributed by atoms with Crippen LogP contribution in [-0.4, -0.2) is 28.9 Å². The van der Waals surface area contributed by atoms with Gasteiger partial charge >= 0.3 is 0 Å². The van der Waals surface area contributed by atoms with Crippen molar-refractivity contribution in [3.8, 4) is 5.88 Å². The van der Waals surface area contributed by atoms with Crippen LogP contribution in [0.15, 0.2) is 22.8 Å². The number of aryl methyl sites for hydroxylation is 2. The van der Waals surface area contributed by atoms with Crippen LogP contribution in [0, 0.1) is 0 Å². The van der Waals surface area contributed by atoms with Crippen molar-refractivity contribution >= 4 is 15.9 Å². The Balaban J connectivity index is 2.34. The fourth-order valence-electron chi connectivity index (χ4n) is 2.44. The Morgan fingerprint density at radius 1 is 1.48 bits per heavy atom. The molecule has 114 valence electrons. The van der Waals surface area contributed by atoms with E-state index in [1.54, 1.807) is 13.3 Å². The summed E-state index contributed by atoms with van der Waals surface area (Å²) in [5.74, 6) is 0.658. The van der Waals surface area contributed by atoms with E-state index in [1.165, 1.54) is 0 Å². The summed E-state index contributed by atoms with van der Waals surface area (Å²) in [6.45, 7) is 2.11. The van der Waals surface area contributed by atoms with Gasteiger partial charge in [-0.25, -0.2) is 4.98 Å². The number of rotatable bonds is 6. The Hall–Kier alpha value is -1.40. The molecule has 1 N–H and O–H groups in total. The molecule has 5 nitrogen and oxygen atoms in total. The minimum atomic E-state index is 0.116. The summed E-state index contributed by atoms with van der Waals surface area (Å²) >= 11 is 3.67. The van der Waals surface area contributed by atoms with Crippen LogP contribution in [0.25, 0.3) is 0 Å². The van der Waals surface area contributed by atoms with Crippen molar-refractivity contribution < 1.29 is 4.74 Å². The zero-order valence-electron chi connectivity index (χ0n) is 12.9. The van der Waals surface area contributed by atoms with Crippen LogP contribution < -0.4 is 10.1 Å². The molecule has 0 spiro atoms. The number of ether oxygens (including phenoxy) is 1. The van der Waals surface area contributed by atoms with E-state index >= 15 is 0 Å². The SMILES string of the molecule is CCc1nn(C)c(CC(NC)c2cccnc2OC)c1Br. The third-order valence-corrected chi connectivity index (χ3v) is 4.53. The van der Waals surface area contributed by atoms with E-state index in [0.29, 0.717) is 5.88 Å². The molecule has 0 aliphatic heterocycles. The molecule has 0 aliphatic rings. The van der Waals surface area contributed by atoms with Gasteiger partial charge in [0, 0.05) is 31.3 Å². The molecule has 2 heterocycles. The fraction of sp³-hybridized carbons (Fsp3) is 0.467. The van der Waals surface area contributed by atoms with E-state index in [2.05, 4.69) is 38.3 Å². The number of nitrogens with one attached hydrogen (secondary N) is 1. The van der Waals surface area contributed by atoms with Gasteiger partial charge in [0.05, 0.1) is 23.0 Å². The van der Waals surface area contributed by atoms with Crippen molar-refractivity contribution in [2.75, 3.05) is 14.2 Å². The van der Waals surface area contributed by atoms with E-state index in [9.17, 15) is 0 Å². The van der Waals surface area contributed by atoms with Gasteiger partial charge in [-0.1, -0.05) is 13.0 Å². The molecule has 1 unspecified atom stereocenters. The van der Waals surface area contributed by atoms with Crippen molar-refractivity contribution in [3.63, 3.8) is 0 Å². The lowest BCUT2D eigenvalue weighted by atomic mass is 10.0. The van der Waals surface area contributed by atoms with Gasteiger partial charge in [0.1, 0.15) is 0 Å². The molecule has 2 rings (SSSR count). The van der Waals surface area contributed by atoms with Gasteiger partial charge in [-0.2, -0.15) is 5.10 Å². The molecule has 0 bridgehead atoms. The van der Waals surface area contributed by atoms with E-state index in [1.807, 2.05) is 30.9 Å². The highest BCUT2D eigenvalue weighted by Crippen LogP contribution is 2.29. The van der Waals surface area contributed by atoms with E-state index in [0.717, 1.165) is 34.3 Å². The Kier molecular flexibility index (Phi) is 5.36. The molecule has 0 amide bonds. The van der Waals surface area contributed by atoms with Gasteiger partial charge in [-0.3, -0.25) is 4.68 Å². The maximum Gasteiger partial charge on any atom is 0.217 e. The highest BCUT2D eigenvalue weighted by atomic mass is 79.9. The van der Waals surface area contributed by atoms with Gasteiger partial charge in [-0.15, -0.1) is 0 Å². The summed E-state index contributed by atoms with van der Waals surface area (Å²) in [5.41, 5.74) is 3.30. The van der Waals surface area contributed by atoms with Crippen LogP contribution in [0.4, 0.5) is 0 Å². The number of hydrogen-bond acceptors (Lipinski definition) is 4.